The zero-order chi connectivity index (χ0) is 25.8. The summed E-state index contributed by atoms with van der Waals surface area (Å²) in [7, 11) is 0. The van der Waals surface area contributed by atoms with Crippen molar-refractivity contribution in [2.45, 2.75) is 20.8 Å². The van der Waals surface area contributed by atoms with Crippen molar-refractivity contribution in [2.75, 3.05) is 0 Å². The smallest absolute Gasteiger partial charge is 0.238 e. The van der Waals surface area contributed by atoms with E-state index in [-0.39, 0.29) is 16.6 Å². The van der Waals surface area contributed by atoms with Crippen molar-refractivity contribution in [1.82, 2.24) is 0 Å². The summed E-state index contributed by atoms with van der Waals surface area (Å²) in [6.07, 6.45) is 0. The van der Waals surface area contributed by atoms with Gasteiger partial charge in [0, 0.05) is 11.0 Å². The first-order valence-corrected chi connectivity index (χ1v) is 13.7. The van der Waals surface area contributed by atoms with E-state index in [1.165, 1.54) is 0 Å². The second-order valence-electron chi connectivity index (χ2n) is 9.63. The molecule has 4 rings (SSSR count). The second-order valence-corrected chi connectivity index (χ2v) is 13.0. The van der Waals surface area contributed by atoms with Crippen LogP contribution in [-0.4, -0.2) is 22.6 Å². The molecular formula is C32H29O3P. The summed E-state index contributed by atoms with van der Waals surface area (Å²) in [4.78, 5) is 42.3. The van der Waals surface area contributed by atoms with Gasteiger partial charge in [-0.25, -0.2) is 0 Å². The first kappa shape index (κ1) is 25.3. The molecule has 4 heteroatoms. The molecule has 0 bridgehead atoms. The third-order valence-corrected chi connectivity index (χ3v) is 10.4. The fourth-order valence-corrected chi connectivity index (χ4v) is 8.95. The number of Topliss-reactive ketones (excluding diaryl/α,β-unsaturated/α-hetero) is 3. The largest absolute Gasteiger partial charge is 0.293 e. The molecule has 0 saturated heterocycles. The van der Waals surface area contributed by atoms with Crippen molar-refractivity contribution in [3.05, 3.63) is 127 Å². The Labute approximate surface area is 212 Å². The van der Waals surface area contributed by atoms with E-state index in [1.54, 1.807) is 51.1 Å². The summed E-state index contributed by atoms with van der Waals surface area (Å²) in [6, 6.07) is 37.5. The SMILES string of the molecule is CC(C)(C)C(=O)C(C(=O)C(=O)c1ccccc1)=P(c1ccccc1)(c1ccccc1)c1ccccc1. The Hall–Kier alpha value is -3.81. The quantitative estimate of drug-likeness (QED) is 0.154. The molecule has 0 N–H and O–H groups in total. The number of ketones is 3. The maximum absolute atomic E-state index is 14.3. The van der Waals surface area contributed by atoms with E-state index in [0.29, 0.717) is 0 Å². The lowest BCUT2D eigenvalue weighted by atomic mass is 9.86. The summed E-state index contributed by atoms with van der Waals surface area (Å²) in [5, 5.41) is 2.62. The average Bonchev–Trinajstić information content (AvgIpc) is 2.92. The Morgan fingerprint density at radius 3 is 1.19 bits per heavy atom. The van der Waals surface area contributed by atoms with Crippen molar-refractivity contribution >= 4 is 45.4 Å². The summed E-state index contributed by atoms with van der Waals surface area (Å²) in [5.74, 6) is -1.73. The van der Waals surface area contributed by atoms with Gasteiger partial charge in [-0.3, -0.25) is 14.4 Å². The van der Waals surface area contributed by atoms with Crippen LogP contribution in [0.1, 0.15) is 31.1 Å². The third kappa shape index (κ3) is 4.67. The van der Waals surface area contributed by atoms with Crippen molar-refractivity contribution in [1.29, 1.82) is 0 Å². The molecule has 0 heterocycles. The number of hydrogen-bond acceptors (Lipinski definition) is 3. The van der Waals surface area contributed by atoms with Gasteiger partial charge in [-0.05, 0) is 22.8 Å². The maximum atomic E-state index is 14.3. The number of carbonyl (C=O) groups excluding carboxylic acids is 3. The molecular weight excluding hydrogens is 463 g/mol. The van der Waals surface area contributed by atoms with E-state index in [2.05, 4.69) is 0 Å². The van der Waals surface area contributed by atoms with E-state index < -0.39 is 23.9 Å². The molecule has 3 nitrogen and oxygen atoms in total. The van der Waals surface area contributed by atoms with Crippen molar-refractivity contribution in [2.24, 2.45) is 5.41 Å². The van der Waals surface area contributed by atoms with Gasteiger partial charge in [0.1, 0.15) is 0 Å². The second kappa shape index (κ2) is 10.4. The third-order valence-electron chi connectivity index (χ3n) is 6.12. The Balaban J connectivity index is 2.26. The van der Waals surface area contributed by atoms with Gasteiger partial charge in [0.05, 0.1) is 5.29 Å². The normalized spacial score (nSPS) is 11.5. The van der Waals surface area contributed by atoms with Crippen LogP contribution >= 0.6 is 6.89 Å². The van der Waals surface area contributed by atoms with Crippen LogP contribution in [-0.2, 0) is 9.59 Å². The van der Waals surface area contributed by atoms with Crippen LogP contribution in [0.15, 0.2) is 121 Å². The van der Waals surface area contributed by atoms with E-state index >= 15 is 0 Å². The van der Waals surface area contributed by atoms with Gasteiger partial charge in [0.25, 0.3) is 0 Å². The molecule has 180 valence electrons. The lowest BCUT2D eigenvalue weighted by Gasteiger charge is -2.33. The molecule has 0 saturated carbocycles. The van der Waals surface area contributed by atoms with Crippen molar-refractivity contribution < 1.29 is 14.4 Å². The molecule has 4 aromatic carbocycles. The molecule has 0 aromatic heterocycles. The minimum absolute atomic E-state index is 0.0625. The highest BCUT2D eigenvalue weighted by atomic mass is 31.2. The van der Waals surface area contributed by atoms with Crippen LogP contribution < -0.4 is 15.9 Å². The molecule has 0 aliphatic heterocycles. The highest BCUT2D eigenvalue weighted by Gasteiger charge is 2.42. The summed E-state index contributed by atoms with van der Waals surface area (Å²) < 4.78 is 0. The number of rotatable bonds is 7. The minimum atomic E-state index is -3.05. The zero-order valence-corrected chi connectivity index (χ0v) is 21.6. The van der Waals surface area contributed by atoms with E-state index in [4.69, 9.17) is 0 Å². The monoisotopic (exact) mass is 492 g/mol. The van der Waals surface area contributed by atoms with Gasteiger partial charge in [-0.15, -0.1) is 0 Å². The van der Waals surface area contributed by atoms with Gasteiger partial charge in [-0.1, -0.05) is 142 Å². The molecule has 0 unspecified atom stereocenters. The van der Waals surface area contributed by atoms with Crippen molar-refractivity contribution in [3.63, 3.8) is 0 Å². The van der Waals surface area contributed by atoms with E-state index in [0.717, 1.165) is 15.9 Å². The van der Waals surface area contributed by atoms with Crippen LogP contribution in [0.5, 0.6) is 0 Å². The molecule has 0 amide bonds. The molecule has 0 aliphatic carbocycles. The molecule has 0 radical (unpaired) electrons. The molecule has 0 atom stereocenters. The Bertz CT molecular complexity index is 1330. The summed E-state index contributed by atoms with van der Waals surface area (Å²) in [6.45, 7) is 2.34. The van der Waals surface area contributed by atoms with Crippen LogP contribution in [0, 0.1) is 5.41 Å². The van der Waals surface area contributed by atoms with E-state index in [9.17, 15) is 14.4 Å². The molecule has 4 aromatic rings. The van der Waals surface area contributed by atoms with Gasteiger partial charge in [0.15, 0.2) is 5.78 Å². The van der Waals surface area contributed by atoms with Crippen LogP contribution in [0.3, 0.4) is 0 Å². The fourth-order valence-electron chi connectivity index (χ4n) is 4.38. The predicted molar refractivity (Wildman–Crippen MR) is 150 cm³/mol. The first-order valence-electron chi connectivity index (χ1n) is 11.9. The fraction of sp³-hybridized carbons (Fsp3) is 0.125. The van der Waals surface area contributed by atoms with Crippen LogP contribution in [0.2, 0.25) is 0 Å². The summed E-state index contributed by atoms with van der Waals surface area (Å²) >= 11 is 0. The lowest BCUT2D eigenvalue weighted by Crippen LogP contribution is -2.44. The Kier molecular flexibility index (Phi) is 7.33. The van der Waals surface area contributed by atoms with Crippen molar-refractivity contribution in [3.8, 4) is 0 Å². The Morgan fingerprint density at radius 1 is 0.528 bits per heavy atom. The zero-order valence-electron chi connectivity index (χ0n) is 20.7. The molecule has 36 heavy (non-hydrogen) atoms. The first-order chi connectivity index (χ1) is 17.3. The molecule has 0 spiro atoms. The van der Waals surface area contributed by atoms with E-state index in [1.807, 2.05) is 91.0 Å². The topological polar surface area (TPSA) is 51.2 Å². The molecule has 0 fully saturated rings. The average molecular weight is 493 g/mol. The number of hydrogen-bond donors (Lipinski definition) is 0. The van der Waals surface area contributed by atoms with Gasteiger partial charge in [-0.2, -0.15) is 0 Å². The maximum Gasteiger partial charge on any atom is 0.238 e. The number of carbonyl (C=O) groups is 3. The lowest BCUT2D eigenvalue weighted by molar-refractivity contribution is -0.120. The predicted octanol–water partition coefficient (Wildman–Crippen LogP) is 5.22. The summed E-state index contributed by atoms with van der Waals surface area (Å²) in [5.41, 5.74) is -0.611. The van der Waals surface area contributed by atoms with Crippen LogP contribution in [0.4, 0.5) is 0 Å². The molecule has 0 aliphatic rings. The van der Waals surface area contributed by atoms with Crippen LogP contribution in [0.25, 0.3) is 0 Å². The Morgan fingerprint density at radius 2 is 0.861 bits per heavy atom. The van der Waals surface area contributed by atoms with Gasteiger partial charge >= 0.3 is 0 Å². The highest BCUT2D eigenvalue weighted by molar-refractivity contribution is 7.98. The highest BCUT2D eigenvalue weighted by Crippen LogP contribution is 2.47. The number of benzene rings is 4. The van der Waals surface area contributed by atoms with Gasteiger partial charge in [0.2, 0.25) is 11.6 Å². The van der Waals surface area contributed by atoms with Gasteiger partial charge < -0.3 is 0 Å². The minimum Gasteiger partial charge on any atom is -0.293 e. The standard InChI is InChI=1S/C32H29O3P/c1-32(2,3)31(35)30(29(34)28(33)24-16-8-4-9-17-24)36(25-18-10-5-11-19-25,26-20-12-6-13-21-26)27-22-14-7-15-23-27/h4-23H,1-3H3.